The Hall–Kier alpha value is -1.94. The third-order valence-electron chi connectivity index (χ3n) is 2.63. The van der Waals surface area contributed by atoms with Gasteiger partial charge in [-0.2, -0.15) is 0 Å². The molecule has 0 aliphatic heterocycles. The first-order chi connectivity index (χ1) is 8.24. The average molecular weight is 242 g/mol. The highest BCUT2D eigenvalue weighted by Crippen LogP contribution is 2.20. The number of H-pyrrole nitrogens is 1. The van der Waals surface area contributed by atoms with Crippen LogP contribution in [0.15, 0.2) is 40.5 Å². The molecule has 0 bridgehead atoms. The molecule has 0 radical (unpaired) electrons. The van der Waals surface area contributed by atoms with Crippen molar-refractivity contribution in [2.75, 3.05) is 0 Å². The van der Waals surface area contributed by atoms with E-state index in [1.807, 2.05) is 36.6 Å². The Morgan fingerprint density at radius 1 is 1.29 bits per heavy atom. The normalized spacial score (nSPS) is 10.9. The van der Waals surface area contributed by atoms with Crippen LogP contribution in [-0.4, -0.2) is 9.97 Å². The fourth-order valence-electron chi connectivity index (χ4n) is 1.79. The lowest BCUT2D eigenvalue weighted by atomic mass is 10.1. The van der Waals surface area contributed by atoms with Crippen molar-refractivity contribution < 1.29 is 0 Å². The maximum absolute atomic E-state index is 11.8. The quantitative estimate of drug-likeness (QED) is 0.713. The summed E-state index contributed by atoms with van der Waals surface area (Å²) in [5, 5.41) is 2.54. The van der Waals surface area contributed by atoms with Gasteiger partial charge in [-0.05, 0) is 24.4 Å². The van der Waals surface area contributed by atoms with Gasteiger partial charge in [-0.3, -0.25) is 4.79 Å². The van der Waals surface area contributed by atoms with Crippen molar-refractivity contribution in [1.29, 1.82) is 0 Å². The van der Waals surface area contributed by atoms with Crippen LogP contribution in [0.2, 0.25) is 0 Å². The molecule has 84 valence electrons. The number of rotatable bonds is 1. The zero-order chi connectivity index (χ0) is 11.8. The van der Waals surface area contributed by atoms with Crippen LogP contribution in [0, 0.1) is 6.92 Å². The number of aromatic amines is 1. The van der Waals surface area contributed by atoms with Crippen molar-refractivity contribution >= 4 is 21.6 Å². The number of hydrogen-bond donors (Lipinski definition) is 1. The summed E-state index contributed by atoms with van der Waals surface area (Å²) in [4.78, 5) is 19.9. The second kappa shape index (κ2) is 3.82. The summed E-state index contributed by atoms with van der Waals surface area (Å²) < 4.78 is 0. The van der Waals surface area contributed by atoms with Crippen LogP contribution in [0.5, 0.6) is 0 Å². The lowest BCUT2D eigenvalue weighted by Gasteiger charge is -2.01. The Bertz CT molecular complexity index is 742. The Labute approximate surface area is 102 Å². The van der Waals surface area contributed by atoms with Gasteiger partial charge in [0.25, 0.3) is 5.56 Å². The summed E-state index contributed by atoms with van der Waals surface area (Å²) in [5.74, 6) is 0.633. The molecule has 1 N–H and O–H groups in total. The second-order valence-electron chi connectivity index (χ2n) is 3.92. The van der Waals surface area contributed by atoms with Crippen LogP contribution in [0.25, 0.3) is 21.6 Å². The van der Waals surface area contributed by atoms with E-state index in [1.54, 1.807) is 6.07 Å². The number of thiophene rings is 1. The number of fused-ring (bicyclic) bond motifs is 1. The maximum Gasteiger partial charge on any atom is 0.259 e. The van der Waals surface area contributed by atoms with Crippen molar-refractivity contribution in [3.63, 3.8) is 0 Å². The van der Waals surface area contributed by atoms with Crippen LogP contribution in [0.1, 0.15) is 5.56 Å². The molecule has 0 amide bonds. The lowest BCUT2D eigenvalue weighted by Crippen LogP contribution is -2.07. The van der Waals surface area contributed by atoms with Crippen LogP contribution in [0.3, 0.4) is 0 Å². The van der Waals surface area contributed by atoms with Crippen molar-refractivity contribution in [3.8, 4) is 11.4 Å². The molecule has 3 rings (SSSR count). The summed E-state index contributed by atoms with van der Waals surface area (Å²) in [6.45, 7) is 2.02. The Morgan fingerprint density at radius 2 is 2.18 bits per heavy atom. The van der Waals surface area contributed by atoms with E-state index in [-0.39, 0.29) is 5.56 Å². The second-order valence-corrected chi connectivity index (χ2v) is 4.82. The molecule has 0 aliphatic carbocycles. The van der Waals surface area contributed by atoms with Crippen LogP contribution in [0.4, 0.5) is 0 Å². The summed E-state index contributed by atoms with van der Waals surface area (Å²) in [7, 11) is 0. The van der Waals surface area contributed by atoms with Crippen molar-refractivity contribution in [2.45, 2.75) is 6.92 Å². The zero-order valence-electron chi connectivity index (χ0n) is 9.23. The molecule has 2 aromatic heterocycles. The molecular weight excluding hydrogens is 232 g/mol. The number of aromatic nitrogens is 2. The van der Waals surface area contributed by atoms with E-state index in [0.717, 1.165) is 16.0 Å². The molecule has 0 fully saturated rings. The van der Waals surface area contributed by atoms with E-state index >= 15 is 0 Å². The number of aryl methyl sites for hydroxylation is 1. The highest BCUT2D eigenvalue weighted by Gasteiger charge is 2.06. The summed E-state index contributed by atoms with van der Waals surface area (Å²) >= 11 is 1.48. The molecule has 0 aliphatic rings. The molecule has 4 heteroatoms. The fourth-order valence-corrected chi connectivity index (χ4v) is 2.56. The van der Waals surface area contributed by atoms with E-state index in [9.17, 15) is 4.79 Å². The van der Waals surface area contributed by atoms with Gasteiger partial charge < -0.3 is 4.98 Å². The third-order valence-corrected chi connectivity index (χ3v) is 3.43. The van der Waals surface area contributed by atoms with E-state index < -0.39 is 0 Å². The Balaban J connectivity index is 2.27. The van der Waals surface area contributed by atoms with Gasteiger partial charge in [0.1, 0.15) is 10.7 Å². The molecule has 0 spiro atoms. The Kier molecular flexibility index (Phi) is 2.30. The smallest absolute Gasteiger partial charge is 0.259 e. The van der Waals surface area contributed by atoms with Gasteiger partial charge in [0, 0.05) is 5.56 Å². The lowest BCUT2D eigenvalue weighted by molar-refractivity contribution is 1.19. The van der Waals surface area contributed by atoms with E-state index in [0.29, 0.717) is 11.2 Å². The summed E-state index contributed by atoms with van der Waals surface area (Å²) in [5.41, 5.74) is 2.02. The SMILES string of the molecule is Cc1cccc(-c2nc3sccc3c(=O)[nH]2)c1. The van der Waals surface area contributed by atoms with E-state index in [2.05, 4.69) is 9.97 Å². The molecule has 3 aromatic rings. The van der Waals surface area contributed by atoms with Gasteiger partial charge in [0.2, 0.25) is 0 Å². The predicted molar refractivity (Wildman–Crippen MR) is 70.4 cm³/mol. The minimum Gasteiger partial charge on any atom is -0.306 e. The fraction of sp³-hybridized carbons (Fsp3) is 0.0769. The monoisotopic (exact) mass is 242 g/mol. The average Bonchev–Trinajstić information content (AvgIpc) is 2.77. The van der Waals surface area contributed by atoms with Crippen molar-refractivity contribution in [2.24, 2.45) is 0 Å². The molecule has 0 unspecified atom stereocenters. The first kappa shape index (κ1) is 10.2. The van der Waals surface area contributed by atoms with Gasteiger partial charge in [-0.1, -0.05) is 23.8 Å². The topological polar surface area (TPSA) is 45.8 Å². The maximum atomic E-state index is 11.8. The number of hydrogen-bond acceptors (Lipinski definition) is 3. The molecule has 0 saturated heterocycles. The van der Waals surface area contributed by atoms with Gasteiger partial charge in [-0.25, -0.2) is 4.98 Å². The molecule has 17 heavy (non-hydrogen) atoms. The highest BCUT2D eigenvalue weighted by molar-refractivity contribution is 7.16. The molecular formula is C13H10N2OS. The van der Waals surface area contributed by atoms with E-state index in [1.165, 1.54) is 11.3 Å². The van der Waals surface area contributed by atoms with Crippen molar-refractivity contribution in [3.05, 3.63) is 51.6 Å². The first-order valence-electron chi connectivity index (χ1n) is 5.28. The van der Waals surface area contributed by atoms with Gasteiger partial charge in [-0.15, -0.1) is 11.3 Å². The van der Waals surface area contributed by atoms with Crippen molar-refractivity contribution in [1.82, 2.24) is 9.97 Å². The standard InChI is InChI=1S/C13H10N2OS/c1-8-3-2-4-9(7-8)11-14-12(16)10-5-6-17-13(10)15-11/h2-7H,1H3,(H,14,15,16). The van der Waals surface area contributed by atoms with Gasteiger partial charge >= 0.3 is 0 Å². The van der Waals surface area contributed by atoms with E-state index in [4.69, 9.17) is 0 Å². The predicted octanol–water partition coefficient (Wildman–Crippen LogP) is 2.96. The Morgan fingerprint density at radius 3 is 3.00 bits per heavy atom. The first-order valence-corrected chi connectivity index (χ1v) is 6.16. The summed E-state index contributed by atoms with van der Waals surface area (Å²) in [6, 6.07) is 9.74. The molecule has 1 aromatic carbocycles. The van der Waals surface area contributed by atoms with Gasteiger partial charge in [0.15, 0.2) is 0 Å². The molecule has 3 nitrogen and oxygen atoms in total. The minimum atomic E-state index is -0.0762. The molecule has 0 atom stereocenters. The summed E-state index contributed by atoms with van der Waals surface area (Å²) in [6.07, 6.45) is 0. The van der Waals surface area contributed by atoms with Crippen LogP contribution < -0.4 is 5.56 Å². The number of benzene rings is 1. The zero-order valence-corrected chi connectivity index (χ0v) is 10.0. The van der Waals surface area contributed by atoms with Crippen LogP contribution in [-0.2, 0) is 0 Å². The van der Waals surface area contributed by atoms with Crippen LogP contribution >= 0.6 is 11.3 Å². The molecule has 2 heterocycles. The minimum absolute atomic E-state index is 0.0762. The third kappa shape index (κ3) is 1.76. The largest absolute Gasteiger partial charge is 0.306 e. The molecule has 0 saturated carbocycles. The van der Waals surface area contributed by atoms with Gasteiger partial charge in [0.05, 0.1) is 5.39 Å². The number of nitrogens with zero attached hydrogens (tertiary/aromatic N) is 1. The number of nitrogens with one attached hydrogen (secondary N) is 1. The highest BCUT2D eigenvalue weighted by atomic mass is 32.1.